The summed E-state index contributed by atoms with van der Waals surface area (Å²) in [5.41, 5.74) is 0. The molecule has 1 atom stereocenters. The Morgan fingerprint density at radius 1 is 1.41 bits per heavy atom. The van der Waals surface area contributed by atoms with E-state index in [4.69, 9.17) is 0 Å². The number of hydrogen-bond donors (Lipinski definition) is 1. The summed E-state index contributed by atoms with van der Waals surface area (Å²) in [6.45, 7) is 0. The largest absolute Gasteiger partial charge is 0.316 e. The fourth-order valence-electron chi connectivity index (χ4n) is 2.15. The Hall–Kier alpha value is -0.540. The predicted molar refractivity (Wildman–Crippen MR) is 71.9 cm³/mol. The molecule has 1 aliphatic rings. The second-order valence-electron chi connectivity index (χ2n) is 4.76. The van der Waals surface area contributed by atoms with E-state index in [9.17, 15) is 4.39 Å². The van der Waals surface area contributed by atoms with Gasteiger partial charge in [-0.15, -0.1) is 11.8 Å². The second kappa shape index (κ2) is 6.41. The lowest BCUT2D eigenvalue weighted by Gasteiger charge is -2.29. The summed E-state index contributed by atoms with van der Waals surface area (Å²) in [7, 11) is 2.01. The van der Waals surface area contributed by atoms with Crippen LogP contribution in [0.1, 0.15) is 25.7 Å². The maximum absolute atomic E-state index is 13.4. The van der Waals surface area contributed by atoms with Crippen molar-refractivity contribution in [1.82, 2.24) is 5.32 Å². The minimum Gasteiger partial charge on any atom is -0.316 e. The van der Waals surface area contributed by atoms with E-state index in [1.165, 1.54) is 31.7 Å². The normalized spacial score (nSPS) is 17.8. The molecule has 2 rings (SSSR count). The molecule has 1 N–H and O–H groups in total. The lowest BCUT2D eigenvalue weighted by Crippen LogP contribution is -2.32. The monoisotopic (exact) mass is 253 g/mol. The van der Waals surface area contributed by atoms with Crippen molar-refractivity contribution in [3.63, 3.8) is 0 Å². The van der Waals surface area contributed by atoms with Crippen LogP contribution in [-0.4, -0.2) is 18.8 Å². The van der Waals surface area contributed by atoms with Gasteiger partial charge in [0.05, 0.1) is 0 Å². The Kier molecular flexibility index (Phi) is 4.86. The zero-order valence-corrected chi connectivity index (χ0v) is 11.1. The number of rotatable bonds is 6. The molecule has 1 aromatic rings. The molecule has 3 heteroatoms. The highest BCUT2D eigenvalue weighted by atomic mass is 32.2. The Bertz CT molecular complexity index is 352. The summed E-state index contributed by atoms with van der Waals surface area (Å²) in [4.78, 5) is 0.765. The first-order valence-corrected chi connectivity index (χ1v) is 7.32. The molecule has 1 nitrogen and oxygen atoms in total. The van der Waals surface area contributed by atoms with Crippen molar-refractivity contribution in [3.8, 4) is 0 Å². The summed E-state index contributed by atoms with van der Waals surface area (Å²) in [6.07, 6.45) is 5.38. The van der Waals surface area contributed by atoms with Crippen molar-refractivity contribution in [2.24, 2.45) is 5.92 Å². The standard InChI is InChI=1S/C14H20FNS/c1-16-12(9-11-5-4-6-11)10-17-14-8-3-2-7-13(14)15/h2-3,7-8,11-12,16H,4-6,9-10H2,1H3. The molecule has 17 heavy (non-hydrogen) atoms. The number of thioether (sulfide) groups is 1. The molecule has 1 fully saturated rings. The fraction of sp³-hybridized carbons (Fsp3) is 0.571. The van der Waals surface area contributed by atoms with Gasteiger partial charge in [0.1, 0.15) is 5.82 Å². The molecule has 0 spiro atoms. The maximum Gasteiger partial charge on any atom is 0.136 e. The van der Waals surface area contributed by atoms with Gasteiger partial charge in [0.2, 0.25) is 0 Å². The van der Waals surface area contributed by atoms with Crippen LogP contribution in [-0.2, 0) is 0 Å². The van der Waals surface area contributed by atoms with E-state index in [1.807, 2.05) is 19.2 Å². The van der Waals surface area contributed by atoms with Gasteiger partial charge in [-0.05, 0) is 31.5 Å². The van der Waals surface area contributed by atoms with Crippen LogP contribution in [0.15, 0.2) is 29.2 Å². The van der Waals surface area contributed by atoms with Crippen LogP contribution in [0.5, 0.6) is 0 Å². The van der Waals surface area contributed by atoms with Gasteiger partial charge in [-0.3, -0.25) is 0 Å². The highest BCUT2D eigenvalue weighted by Gasteiger charge is 2.21. The Morgan fingerprint density at radius 2 is 2.18 bits per heavy atom. The molecule has 1 aliphatic carbocycles. The van der Waals surface area contributed by atoms with E-state index >= 15 is 0 Å². The quantitative estimate of drug-likeness (QED) is 0.776. The molecule has 0 radical (unpaired) electrons. The van der Waals surface area contributed by atoms with Gasteiger partial charge >= 0.3 is 0 Å². The number of hydrogen-bond acceptors (Lipinski definition) is 2. The molecule has 0 saturated heterocycles. The smallest absolute Gasteiger partial charge is 0.136 e. The highest BCUT2D eigenvalue weighted by Crippen LogP contribution is 2.32. The van der Waals surface area contributed by atoms with Gasteiger partial charge < -0.3 is 5.32 Å². The molecule has 0 amide bonds. The number of benzene rings is 1. The summed E-state index contributed by atoms with van der Waals surface area (Å²) in [5.74, 6) is 1.75. The van der Waals surface area contributed by atoms with Crippen molar-refractivity contribution in [3.05, 3.63) is 30.1 Å². The zero-order valence-electron chi connectivity index (χ0n) is 10.3. The first-order valence-electron chi connectivity index (χ1n) is 6.34. The van der Waals surface area contributed by atoms with Crippen molar-refractivity contribution in [1.29, 1.82) is 0 Å². The van der Waals surface area contributed by atoms with Crippen LogP contribution in [0.2, 0.25) is 0 Å². The van der Waals surface area contributed by atoms with Crippen molar-refractivity contribution < 1.29 is 4.39 Å². The molecule has 1 aromatic carbocycles. The minimum absolute atomic E-state index is 0.101. The van der Waals surface area contributed by atoms with Crippen LogP contribution in [0.25, 0.3) is 0 Å². The van der Waals surface area contributed by atoms with Gasteiger partial charge in [-0.25, -0.2) is 4.39 Å². The topological polar surface area (TPSA) is 12.0 Å². The predicted octanol–water partition coefficient (Wildman–Crippen LogP) is 3.70. The molecular formula is C14H20FNS. The van der Waals surface area contributed by atoms with E-state index in [1.54, 1.807) is 17.8 Å². The van der Waals surface area contributed by atoms with Crippen molar-refractivity contribution in [2.45, 2.75) is 36.6 Å². The SMILES string of the molecule is CNC(CSc1ccccc1F)CC1CCC1. The highest BCUT2D eigenvalue weighted by molar-refractivity contribution is 7.99. The third-order valence-corrected chi connectivity index (χ3v) is 4.74. The average Bonchev–Trinajstić information content (AvgIpc) is 2.29. The summed E-state index contributed by atoms with van der Waals surface area (Å²) in [6, 6.07) is 7.53. The molecule has 0 bridgehead atoms. The van der Waals surface area contributed by atoms with Gasteiger partial charge in [-0.1, -0.05) is 31.4 Å². The fourth-order valence-corrected chi connectivity index (χ4v) is 3.22. The average molecular weight is 253 g/mol. The molecule has 0 heterocycles. The van der Waals surface area contributed by atoms with Crippen LogP contribution < -0.4 is 5.32 Å². The van der Waals surface area contributed by atoms with Crippen LogP contribution in [0.4, 0.5) is 4.39 Å². The summed E-state index contributed by atoms with van der Waals surface area (Å²) >= 11 is 1.62. The van der Waals surface area contributed by atoms with E-state index in [-0.39, 0.29) is 5.82 Å². The Morgan fingerprint density at radius 3 is 2.76 bits per heavy atom. The molecule has 94 valence electrons. The number of halogens is 1. The summed E-state index contributed by atoms with van der Waals surface area (Å²) < 4.78 is 13.4. The molecule has 1 saturated carbocycles. The third-order valence-electron chi connectivity index (χ3n) is 3.53. The van der Waals surface area contributed by atoms with Crippen LogP contribution >= 0.6 is 11.8 Å². The van der Waals surface area contributed by atoms with Gasteiger partial charge in [0.25, 0.3) is 0 Å². The lowest BCUT2D eigenvalue weighted by molar-refractivity contribution is 0.272. The van der Waals surface area contributed by atoms with Crippen LogP contribution in [0.3, 0.4) is 0 Å². The van der Waals surface area contributed by atoms with Gasteiger partial charge in [0.15, 0.2) is 0 Å². The third kappa shape index (κ3) is 3.71. The van der Waals surface area contributed by atoms with Crippen molar-refractivity contribution in [2.75, 3.05) is 12.8 Å². The lowest BCUT2D eigenvalue weighted by atomic mass is 9.81. The Balaban J connectivity index is 1.80. The van der Waals surface area contributed by atoms with Crippen molar-refractivity contribution >= 4 is 11.8 Å². The van der Waals surface area contributed by atoms with Crippen LogP contribution in [0, 0.1) is 11.7 Å². The maximum atomic E-state index is 13.4. The number of nitrogens with one attached hydrogen (secondary N) is 1. The Labute approximate surface area is 107 Å². The van der Waals surface area contributed by atoms with E-state index < -0.39 is 0 Å². The van der Waals surface area contributed by atoms with Gasteiger partial charge in [0, 0.05) is 16.7 Å². The summed E-state index contributed by atoms with van der Waals surface area (Å²) in [5, 5.41) is 3.35. The molecule has 0 aromatic heterocycles. The minimum atomic E-state index is -0.101. The second-order valence-corrected chi connectivity index (χ2v) is 5.82. The molecular weight excluding hydrogens is 233 g/mol. The first-order chi connectivity index (χ1) is 8.29. The van der Waals surface area contributed by atoms with E-state index in [2.05, 4.69) is 5.32 Å². The zero-order chi connectivity index (χ0) is 12.1. The van der Waals surface area contributed by atoms with Gasteiger partial charge in [-0.2, -0.15) is 0 Å². The van der Waals surface area contributed by atoms with E-state index in [0.29, 0.717) is 6.04 Å². The van der Waals surface area contributed by atoms with E-state index in [0.717, 1.165) is 16.6 Å². The molecule has 0 aliphatic heterocycles. The molecule has 1 unspecified atom stereocenters. The first kappa shape index (κ1) is 12.9.